The number of rotatable bonds is 9. The maximum atomic E-state index is 11.7. The molecule has 7 heteroatoms. The zero-order chi connectivity index (χ0) is 20.8. The van der Waals surface area contributed by atoms with Crippen molar-refractivity contribution in [3.05, 3.63) is 66.1 Å². The highest BCUT2D eigenvalue weighted by Gasteiger charge is 2.23. The molecule has 152 valence electrons. The Morgan fingerprint density at radius 1 is 1.28 bits per heavy atom. The Bertz CT molecular complexity index is 900. The van der Waals surface area contributed by atoms with E-state index in [4.69, 9.17) is 5.73 Å². The second-order valence-electron chi connectivity index (χ2n) is 7.45. The third-order valence-electron chi connectivity index (χ3n) is 4.71. The molecule has 29 heavy (non-hydrogen) atoms. The lowest BCUT2D eigenvalue weighted by molar-refractivity contribution is -0.128. The fourth-order valence-electron chi connectivity index (χ4n) is 2.80. The summed E-state index contributed by atoms with van der Waals surface area (Å²) in [4.78, 5) is 22.0. The molecule has 0 aliphatic heterocycles. The summed E-state index contributed by atoms with van der Waals surface area (Å²) in [5.41, 5.74) is 9.07. The van der Waals surface area contributed by atoms with Crippen molar-refractivity contribution in [1.29, 1.82) is 0 Å². The summed E-state index contributed by atoms with van der Waals surface area (Å²) in [6, 6.07) is 9.66. The van der Waals surface area contributed by atoms with E-state index in [2.05, 4.69) is 27.2 Å². The molecular weight excluding hydrogens is 364 g/mol. The third kappa shape index (κ3) is 6.34. The lowest BCUT2D eigenvalue weighted by Crippen LogP contribution is -2.21. The van der Waals surface area contributed by atoms with Crippen molar-refractivity contribution >= 4 is 23.4 Å². The number of allylic oxidation sites excluding steroid dienone is 2. The number of nitrogens with zero attached hydrogens (tertiary/aromatic N) is 3. The predicted octanol–water partition coefficient (Wildman–Crippen LogP) is 3.42. The summed E-state index contributed by atoms with van der Waals surface area (Å²) in [6.07, 6.45) is 7.13. The van der Waals surface area contributed by atoms with Crippen molar-refractivity contribution in [2.24, 2.45) is 11.7 Å². The zero-order valence-electron chi connectivity index (χ0n) is 17.0. The largest absolute Gasteiger partial charge is 0.385 e. The standard InChI is InChI=1S/C22H28N6O/c1-15(17-7-8-17)14-19(23)26-20-12-13-24-22(27-20)25-18-9-4-16(5-10-18)6-11-21(29)28(2)3/h4-5,9-10,12-14,17H,1,6-8,11,23H2,2-3H3,(H2,24,25,26,27)/b19-14+. The van der Waals surface area contributed by atoms with Crippen LogP contribution >= 0.6 is 0 Å². The van der Waals surface area contributed by atoms with E-state index >= 15 is 0 Å². The van der Waals surface area contributed by atoms with Gasteiger partial charge < -0.3 is 21.3 Å². The van der Waals surface area contributed by atoms with Crippen molar-refractivity contribution in [1.82, 2.24) is 14.9 Å². The highest BCUT2D eigenvalue weighted by atomic mass is 16.2. The van der Waals surface area contributed by atoms with E-state index < -0.39 is 0 Å². The molecule has 1 heterocycles. The Labute approximate surface area is 171 Å². The van der Waals surface area contributed by atoms with E-state index in [9.17, 15) is 4.79 Å². The number of hydrogen-bond donors (Lipinski definition) is 3. The quantitative estimate of drug-likeness (QED) is 0.566. The number of aromatic nitrogens is 2. The molecule has 2 aromatic rings. The van der Waals surface area contributed by atoms with Crippen LogP contribution in [0.4, 0.5) is 17.5 Å². The van der Waals surface area contributed by atoms with E-state index in [0.29, 0.717) is 36.3 Å². The van der Waals surface area contributed by atoms with E-state index in [1.807, 2.05) is 30.3 Å². The number of aryl methyl sites for hydroxylation is 1. The molecule has 0 radical (unpaired) electrons. The van der Waals surface area contributed by atoms with Gasteiger partial charge in [-0.05, 0) is 60.6 Å². The van der Waals surface area contributed by atoms with Crippen LogP contribution in [0.3, 0.4) is 0 Å². The number of carbonyl (C=O) groups is 1. The first-order valence-electron chi connectivity index (χ1n) is 9.73. The summed E-state index contributed by atoms with van der Waals surface area (Å²) < 4.78 is 0. The molecule has 4 N–H and O–H groups in total. The number of hydrogen-bond acceptors (Lipinski definition) is 6. The lowest BCUT2D eigenvalue weighted by Gasteiger charge is -2.11. The lowest BCUT2D eigenvalue weighted by atomic mass is 10.1. The van der Waals surface area contributed by atoms with Crippen molar-refractivity contribution in [3.8, 4) is 0 Å². The molecule has 1 aromatic heterocycles. The Hall–Kier alpha value is -3.35. The molecule has 1 fully saturated rings. The molecule has 0 bridgehead atoms. The Kier molecular flexibility index (Phi) is 6.49. The molecule has 1 aliphatic rings. The van der Waals surface area contributed by atoms with Crippen LogP contribution in [0.5, 0.6) is 0 Å². The first kappa shape index (κ1) is 20.4. The highest BCUT2D eigenvalue weighted by molar-refractivity contribution is 5.75. The molecule has 1 aliphatic carbocycles. The van der Waals surface area contributed by atoms with Gasteiger partial charge in [-0.3, -0.25) is 4.79 Å². The van der Waals surface area contributed by atoms with Crippen molar-refractivity contribution in [2.45, 2.75) is 25.7 Å². The SMILES string of the molecule is C=C(/C=C(\N)Nc1ccnc(Nc2ccc(CCC(=O)N(C)C)cc2)n1)C1CC1. The van der Waals surface area contributed by atoms with E-state index in [0.717, 1.165) is 16.8 Å². The first-order chi connectivity index (χ1) is 13.9. The minimum absolute atomic E-state index is 0.124. The molecular formula is C22H28N6O. The second-order valence-corrected chi connectivity index (χ2v) is 7.45. The number of amides is 1. The molecule has 0 atom stereocenters. The smallest absolute Gasteiger partial charge is 0.229 e. The molecule has 0 saturated heterocycles. The third-order valence-corrected chi connectivity index (χ3v) is 4.71. The van der Waals surface area contributed by atoms with Gasteiger partial charge in [0.1, 0.15) is 11.6 Å². The van der Waals surface area contributed by atoms with Gasteiger partial charge in [0.05, 0.1) is 0 Å². The van der Waals surface area contributed by atoms with Gasteiger partial charge in [-0.25, -0.2) is 4.98 Å². The van der Waals surface area contributed by atoms with Crippen LogP contribution in [-0.4, -0.2) is 34.9 Å². The summed E-state index contributed by atoms with van der Waals surface area (Å²) in [5.74, 6) is 2.29. The topological polar surface area (TPSA) is 96.2 Å². The Morgan fingerprint density at radius 2 is 2.00 bits per heavy atom. The van der Waals surface area contributed by atoms with Gasteiger partial charge in [0, 0.05) is 32.4 Å². The summed E-state index contributed by atoms with van der Waals surface area (Å²) in [6.45, 7) is 4.05. The van der Waals surface area contributed by atoms with Gasteiger partial charge >= 0.3 is 0 Å². The van der Waals surface area contributed by atoms with Crippen LogP contribution in [0.25, 0.3) is 0 Å². The number of nitrogens with one attached hydrogen (secondary N) is 2. The monoisotopic (exact) mass is 392 g/mol. The normalized spacial score (nSPS) is 13.7. The number of carbonyl (C=O) groups excluding carboxylic acids is 1. The number of anilines is 3. The molecule has 1 saturated carbocycles. The van der Waals surface area contributed by atoms with Gasteiger partial charge in [0.15, 0.2) is 0 Å². The van der Waals surface area contributed by atoms with Crippen LogP contribution < -0.4 is 16.4 Å². The molecule has 3 rings (SSSR count). The van der Waals surface area contributed by atoms with Crippen molar-refractivity contribution in [2.75, 3.05) is 24.7 Å². The van der Waals surface area contributed by atoms with Gasteiger partial charge in [-0.1, -0.05) is 18.7 Å². The number of nitrogens with two attached hydrogens (primary N) is 1. The minimum Gasteiger partial charge on any atom is -0.385 e. The van der Waals surface area contributed by atoms with Crippen LogP contribution in [-0.2, 0) is 11.2 Å². The summed E-state index contributed by atoms with van der Waals surface area (Å²) in [5, 5.41) is 6.26. The maximum absolute atomic E-state index is 11.7. The molecule has 1 amide bonds. The van der Waals surface area contributed by atoms with Crippen LogP contribution in [0, 0.1) is 5.92 Å². The predicted molar refractivity (Wildman–Crippen MR) is 117 cm³/mol. The minimum atomic E-state index is 0.124. The fourth-order valence-corrected chi connectivity index (χ4v) is 2.80. The van der Waals surface area contributed by atoms with Crippen molar-refractivity contribution in [3.63, 3.8) is 0 Å². The van der Waals surface area contributed by atoms with E-state index in [1.54, 1.807) is 31.3 Å². The molecule has 7 nitrogen and oxygen atoms in total. The number of benzene rings is 1. The van der Waals surface area contributed by atoms with E-state index in [-0.39, 0.29) is 5.91 Å². The average molecular weight is 393 g/mol. The highest BCUT2D eigenvalue weighted by Crippen LogP contribution is 2.36. The van der Waals surface area contributed by atoms with Gasteiger partial charge in [-0.2, -0.15) is 4.98 Å². The van der Waals surface area contributed by atoms with Gasteiger partial charge in [0.2, 0.25) is 11.9 Å². The fraction of sp³-hybridized carbons (Fsp3) is 0.318. The second kappa shape index (κ2) is 9.23. The first-order valence-corrected chi connectivity index (χ1v) is 9.73. The van der Waals surface area contributed by atoms with Crippen LogP contribution in [0.15, 0.2) is 60.6 Å². The molecule has 1 aromatic carbocycles. The van der Waals surface area contributed by atoms with Gasteiger partial charge in [-0.15, -0.1) is 0 Å². The maximum Gasteiger partial charge on any atom is 0.229 e. The zero-order valence-corrected chi connectivity index (χ0v) is 17.0. The molecule has 0 spiro atoms. The summed E-state index contributed by atoms with van der Waals surface area (Å²) >= 11 is 0. The van der Waals surface area contributed by atoms with Crippen LogP contribution in [0.2, 0.25) is 0 Å². The Balaban J connectivity index is 1.56. The van der Waals surface area contributed by atoms with Gasteiger partial charge in [0.25, 0.3) is 0 Å². The van der Waals surface area contributed by atoms with Crippen LogP contribution in [0.1, 0.15) is 24.8 Å². The summed E-state index contributed by atoms with van der Waals surface area (Å²) in [7, 11) is 3.54. The van der Waals surface area contributed by atoms with E-state index in [1.165, 1.54) is 12.8 Å². The Morgan fingerprint density at radius 3 is 2.66 bits per heavy atom. The van der Waals surface area contributed by atoms with Crippen molar-refractivity contribution < 1.29 is 4.79 Å². The average Bonchev–Trinajstić information content (AvgIpc) is 3.52. The molecule has 0 unspecified atom stereocenters.